The van der Waals surface area contributed by atoms with Crippen molar-refractivity contribution < 1.29 is 61.9 Å². The Balaban J connectivity index is 2.07. The third-order valence-electron chi connectivity index (χ3n) is 10.00. The van der Waals surface area contributed by atoms with Crippen molar-refractivity contribution >= 4 is 35.8 Å². The Labute approximate surface area is 268 Å². The van der Waals surface area contributed by atoms with Gasteiger partial charge in [-0.3, -0.25) is 24.0 Å². The molecule has 0 aromatic rings. The summed E-state index contributed by atoms with van der Waals surface area (Å²) in [5, 5.41) is 0. The number of ether oxygens (including phenoxy) is 7. The second-order valence-corrected chi connectivity index (χ2v) is 13.3. The number of rotatable bonds is 8. The van der Waals surface area contributed by atoms with E-state index in [1.807, 2.05) is 6.92 Å². The molecule has 0 aromatic carbocycles. The molecule has 13 nitrogen and oxygen atoms in total. The molecule has 4 aliphatic rings. The Morgan fingerprint density at radius 3 is 2.00 bits per heavy atom. The van der Waals surface area contributed by atoms with Crippen molar-refractivity contribution in [3.63, 3.8) is 0 Å². The highest BCUT2D eigenvalue weighted by atomic mass is 16.7. The van der Waals surface area contributed by atoms with Gasteiger partial charge >= 0.3 is 35.8 Å². The molecule has 2 aliphatic heterocycles. The van der Waals surface area contributed by atoms with Crippen LogP contribution in [0.15, 0.2) is 11.6 Å². The second-order valence-electron chi connectivity index (χ2n) is 13.3. The van der Waals surface area contributed by atoms with Gasteiger partial charge in [-0.2, -0.15) is 0 Å². The summed E-state index contributed by atoms with van der Waals surface area (Å²) >= 11 is 0. The van der Waals surface area contributed by atoms with E-state index >= 15 is 0 Å². The maximum Gasteiger partial charge on any atom is 0.342 e. The molecular formula is C33H46O13. The monoisotopic (exact) mass is 650 g/mol. The second kappa shape index (κ2) is 13.0. The van der Waals surface area contributed by atoms with E-state index in [0.29, 0.717) is 12.0 Å². The standard InChI is InChI=1S/C33H46O13/c1-10-12-26(38)44-22-13-16(3)14-24-33(32(9,46-33)30(39)45-24)29(42-20(7)36)27-17(4)21(43-25(37)11-2)15-23(40-18(5)34)31(27,8)28(22)41-19(6)35/h14,17,21-24,27-29H,10-13,15H2,1-9H3/b16-14-/t17-,21-,22-,23-,24-,27+,28-,29-,31-,32-,33-/m0/s1. The number of esters is 6. The fourth-order valence-electron chi connectivity index (χ4n) is 7.93. The van der Waals surface area contributed by atoms with Crippen LogP contribution in [-0.4, -0.2) is 83.6 Å². The van der Waals surface area contributed by atoms with E-state index in [1.54, 1.807) is 40.7 Å². The Hall–Kier alpha value is -3.48. The Morgan fingerprint density at radius 1 is 0.870 bits per heavy atom. The first kappa shape index (κ1) is 35.4. The zero-order valence-corrected chi connectivity index (χ0v) is 28.0. The first-order chi connectivity index (χ1) is 21.5. The highest BCUT2D eigenvalue weighted by molar-refractivity contribution is 5.89. The van der Waals surface area contributed by atoms with Gasteiger partial charge in [0.2, 0.25) is 0 Å². The largest absolute Gasteiger partial charge is 0.462 e. The topological polar surface area (TPSA) is 170 Å². The van der Waals surface area contributed by atoms with Crippen LogP contribution in [0.4, 0.5) is 0 Å². The lowest BCUT2D eigenvalue weighted by Crippen LogP contribution is -2.68. The van der Waals surface area contributed by atoms with E-state index in [2.05, 4.69) is 0 Å². The van der Waals surface area contributed by atoms with Crippen LogP contribution in [0.3, 0.4) is 0 Å². The molecule has 2 saturated heterocycles. The third kappa shape index (κ3) is 6.02. The van der Waals surface area contributed by atoms with Crippen LogP contribution in [0.1, 0.15) is 94.4 Å². The Bertz CT molecular complexity index is 1310. The summed E-state index contributed by atoms with van der Waals surface area (Å²) in [7, 11) is 0. The molecule has 0 radical (unpaired) electrons. The van der Waals surface area contributed by atoms with Crippen molar-refractivity contribution in [1.82, 2.24) is 0 Å². The van der Waals surface area contributed by atoms with Gasteiger partial charge in [-0.15, -0.1) is 0 Å². The van der Waals surface area contributed by atoms with Gasteiger partial charge in [-0.25, -0.2) is 4.79 Å². The summed E-state index contributed by atoms with van der Waals surface area (Å²) in [5.41, 5.74) is -3.89. The molecule has 11 atom stereocenters. The van der Waals surface area contributed by atoms with Gasteiger partial charge in [0, 0.05) is 58.3 Å². The predicted octanol–water partition coefficient (Wildman–Crippen LogP) is 3.28. The average Bonchev–Trinajstić information content (AvgIpc) is 3.53. The summed E-state index contributed by atoms with van der Waals surface area (Å²) in [6.45, 7) is 13.9. The summed E-state index contributed by atoms with van der Waals surface area (Å²) < 4.78 is 42.2. The molecule has 4 rings (SSSR count). The molecule has 0 aromatic heterocycles. The number of fused-ring (bicyclic) bond motifs is 1. The van der Waals surface area contributed by atoms with Crippen molar-refractivity contribution in [1.29, 1.82) is 0 Å². The fourth-order valence-corrected chi connectivity index (χ4v) is 7.93. The van der Waals surface area contributed by atoms with Gasteiger partial charge in [0.15, 0.2) is 17.3 Å². The van der Waals surface area contributed by atoms with Crippen molar-refractivity contribution in [3.05, 3.63) is 11.6 Å². The van der Waals surface area contributed by atoms with Crippen molar-refractivity contribution in [2.24, 2.45) is 17.3 Å². The van der Waals surface area contributed by atoms with Crippen LogP contribution < -0.4 is 0 Å². The first-order valence-corrected chi connectivity index (χ1v) is 15.9. The lowest BCUT2D eigenvalue weighted by atomic mass is 9.52. The normalized spacial score (nSPS) is 40.7. The van der Waals surface area contributed by atoms with E-state index in [0.717, 1.165) is 0 Å². The molecule has 256 valence electrons. The molecule has 2 aliphatic carbocycles. The van der Waals surface area contributed by atoms with Crippen LogP contribution in [0.2, 0.25) is 0 Å². The van der Waals surface area contributed by atoms with Crippen molar-refractivity contribution in [2.45, 2.75) is 142 Å². The lowest BCUT2D eigenvalue weighted by molar-refractivity contribution is -0.248. The molecule has 2 heterocycles. The van der Waals surface area contributed by atoms with E-state index in [-0.39, 0.29) is 25.7 Å². The summed E-state index contributed by atoms with van der Waals surface area (Å²) in [5.74, 6) is -5.39. The number of hydrogen-bond donors (Lipinski definition) is 0. The minimum atomic E-state index is -1.53. The quantitative estimate of drug-likeness (QED) is 0.162. The molecule has 1 spiro atoms. The third-order valence-corrected chi connectivity index (χ3v) is 10.00. The highest BCUT2D eigenvalue weighted by Crippen LogP contribution is 2.66. The van der Waals surface area contributed by atoms with Gasteiger partial charge in [-0.1, -0.05) is 33.3 Å². The maximum atomic E-state index is 13.3. The van der Waals surface area contributed by atoms with Crippen LogP contribution in [-0.2, 0) is 61.9 Å². The number of hydrogen-bond acceptors (Lipinski definition) is 13. The van der Waals surface area contributed by atoms with E-state index < -0.39 is 101 Å². The van der Waals surface area contributed by atoms with E-state index in [1.165, 1.54) is 20.8 Å². The first-order valence-electron chi connectivity index (χ1n) is 15.9. The highest BCUT2D eigenvalue weighted by Gasteiger charge is 2.87. The van der Waals surface area contributed by atoms with Gasteiger partial charge < -0.3 is 33.2 Å². The van der Waals surface area contributed by atoms with Gasteiger partial charge in [0.25, 0.3) is 0 Å². The minimum absolute atomic E-state index is 0.00151. The van der Waals surface area contributed by atoms with E-state index in [9.17, 15) is 28.8 Å². The number of carbonyl (C=O) groups is 6. The average molecular weight is 651 g/mol. The van der Waals surface area contributed by atoms with Crippen LogP contribution >= 0.6 is 0 Å². The number of carbonyl (C=O) groups excluding carboxylic acids is 6. The maximum absolute atomic E-state index is 13.3. The Kier molecular flexibility index (Phi) is 9.97. The summed E-state index contributed by atoms with van der Waals surface area (Å²) in [6.07, 6.45) is -4.23. The van der Waals surface area contributed by atoms with Gasteiger partial charge in [-0.05, 0) is 26.3 Å². The molecule has 13 heteroatoms. The smallest absolute Gasteiger partial charge is 0.342 e. The molecule has 3 fully saturated rings. The molecule has 0 bridgehead atoms. The number of epoxide rings is 1. The van der Waals surface area contributed by atoms with Crippen molar-refractivity contribution in [2.75, 3.05) is 0 Å². The summed E-state index contributed by atoms with van der Waals surface area (Å²) in [6, 6.07) is 0. The zero-order chi connectivity index (χ0) is 34.4. The van der Waals surface area contributed by atoms with Crippen LogP contribution in [0.5, 0.6) is 0 Å². The minimum Gasteiger partial charge on any atom is -0.462 e. The Morgan fingerprint density at radius 2 is 1.46 bits per heavy atom. The molecule has 46 heavy (non-hydrogen) atoms. The SMILES string of the molecule is CCCC(=O)O[C@H]1C/C(C)=C\[C@@H]2OC(=O)[C@]3(C)O[C@]23[C@@H](OC(C)=O)[C@H]2[C@@H](C)[C@@H](OC(=O)CC)C[C@H](OC(C)=O)[C@]2(C)[C@H]1OC(C)=O. The predicted molar refractivity (Wildman–Crippen MR) is 157 cm³/mol. The summed E-state index contributed by atoms with van der Waals surface area (Å²) in [4.78, 5) is 77.5. The lowest BCUT2D eigenvalue weighted by Gasteiger charge is -2.57. The molecule has 1 saturated carbocycles. The van der Waals surface area contributed by atoms with E-state index in [4.69, 9.17) is 33.2 Å². The molecule has 0 amide bonds. The zero-order valence-electron chi connectivity index (χ0n) is 28.0. The van der Waals surface area contributed by atoms with Gasteiger partial charge in [0.05, 0.1) is 5.41 Å². The molecular weight excluding hydrogens is 604 g/mol. The van der Waals surface area contributed by atoms with Gasteiger partial charge in [0.1, 0.15) is 30.5 Å². The van der Waals surface area contributed by atoms with Crippen molar-refractivity contribution in [3.8, 4) is 0 Å². The van der Waals surface area contributed by atoms with Crippen LogP contribution in [0.25, 0.3) is 0 Å². The fraction of sp³-hybridized carbons (Fsp3) is 0.758. The molecule has 0 N–H and O–H groups in total. The molecule has 0 unspecified atom stereocenters. The van der Waals surface area contributed by atoms with Crippen LogP contribution in [0, 0.1) is 17.3 Å².